The molecule has 0 bridgehead atoms. The highest BCUT2D eigenvalue weighted by atomic mass is 16.5. The average Bonchev–Trinajstić information content (AvgIpc) is 2.73. The van der Waals surface area contributed by atoms with Crippen LogP contribution in [0.25, 0.3) is 0 Å². The molecule has 1 N–H and O–H groups in total. The van der Waals surface area contributed by atoms with Crippen LogP contribution in [0.2, 0.25) is 0 Å². The van der Waals surface area contributed by atoms with Crippen LogP contribution in [0, 0.1) is 19.3 Å². The van der Waals surface area contributed by atoms with Crippen LogP contribution in [0.3, 0.4) is 0 Å². The summed E-state index contributed by atoms with van der Waals surface area (Å²) >= 11 is 0. The molecule has 0 saturated carbocycles. The van der Waals surface area contributed by atoms with Crippen molar-refractivity contribution in [3.05, 3.63) is 64.7 Å². The largest absolute Gasteiger partial charge is 0.497 e. The number of ether oxygens (including phenoxy) is 1. The Morgan fingerprint density at radius 1 is 1.10 bits per heavy atom. The first-order valence-corrected chi connectivity index (χ1v) is 10.1. The molecule has 0 radical (unpaired) electrons. The van der Waals surface area contributed by atoms with E-state index in [0.29, 0.717) is 25.2 Å². The molecule has 1 heterocycles. The minimum atomic E-state index is -0.583. The van der Waals surface area contributed by atoms with Crippen molar-refractivity contribution in [1.82, 2.24) is 10.2 Å². The first-order valence-electron chi connectivity index (χ1n) is 10.1. The van der Waals surface area contributed by atoms with Crippen molar-refractivity contribution in [2.75, 3.05) is 20.2 Å². The number of methoxy groups -OCH3 is 1. The van der Waals surface area contributed by atoms with Crippen LogP contribution in [0.1, 0.15) is 46.8 Å². The molecule has 5 nitrogen and oxygen atoms in total. The predicted molar refractivity (Wildman–Crippen MR) is 114 cm³/mol. The second kappa shape index (κ2) is 8.68. The summed E-state index contributed by atoms with van der Waals surface area (Å²) in [6.45, 7) is 7.59. The number of hydrogen-bond acceptors (Lipinski definition) is 3. The predicted octanol–water partition coefficient (Wildman–Crippen LogP) is 3.87. The third kappa shape index (κ3) is 4.78. The Balaban J connectivity index is 1.64. The lowest BCUT2D eigenvalue weighted by molar-refractivity contribution is -0.132. The molecule has 1 saturated heterocycles. The average molecular weight is 395 g/mol. The Bertz CT molecular complexity index is 891. The van der Waals surface area contributed by atoms with Crippen molar-refractivity contribution in [2.24, 2.45) is 5.41 Å². The van der Waals surface area contributed by atoms with Gasteiger partial charge in [0.2, 0.25) is 5.91 Å². The van der Waals surface area contributed by atoms with Crippen LogP contribution in [0.15, 0.2) is 42.5 Å². The molecule has 2 amide bonds. The highest BCUT2D eigenvalue weighted by molar-refractivity contribution is 5.95. The van der Waals surface area contributed by atoms with Gasteiger partial charge in [-0.05, 0) is 74.6 Å². The maximum absolute atomic E-state index is 13.0. The summed E-state index contributed by atoms with van der Waals surface area (Å²) in [4.78, 5) is 27.8. The summed E-state index contributed by atoms with van der Waals surface area (Å²) in [5.41, 5.74) is 3.40. The van der Waals surface area contributed by atoms with Gasteiger partial charge in [0.1, 0.15) is 5.75 Å². The van der Waals surface area contributed by atoms with E-state index in [-0.39, 0.29) is 11.8 Å². The normalized spacial score (nSPS) is 19.0. The molecule has 5 heteroatoms. The van der Waals surface area contributed by atoms with Crippen LogP contribution in [-0.2, 0) is 11.3 Å². The van der Waals surface area contributed by atoms with Gasteiger partial charge in [0.15, 0.2) is 0 Å². The molecule has 3 rings (SSSR count). The Kier molecular flexibility index (Phi) is 6.26. The summed E-state index contributed by atoms with van der Waals surface area (Å²) in [6, 6.07) is 13.4. The minimum Gasteiger partial charge on any atom is -0.497 e. The quantitative estimate of drug-likeness (QED) is 0.837. The molecule has 2 aromatic carbocycles. The third-order valence-corrected chi connectivity index (χ3v) is 5.90. The van der Waals surface area contributed by atoms with E-state index < -0.39 is 5.41 Å². The van der Waals surface area contributed by atoms with E-state index in [2.05, 4.69) is 5.32 Å². The maximum atomic E-state index is 13.0. The van der Waals surface area contributed by atoms with Crippen LogP contribution < -0.4 is 10.1 Å². The second-order valence-corrected chi connectivity index (χ2v) is 8.22. The number of carbonyl (C=O) groups is 2. The van der Waals surface area contributed by atoms with E-state index in [1.54, 1.807) is 7.11 Å². The van der Waals surface area contributed by atoms with E-state index in [4.69, 9.17) is 4.74 Å². The number of amides is 2. The van der Waals surface area contributed by atoms with Gasteiger partial charge >= 0.3 is 0 Å². The highest BCUT2D eigenvalue weighted by Crippen LogP contribution is 2.31. The molecular weight excluding hydrogens is 364 g/mol. The minimum absolute atomic E-state index is 0.00183. The third-order valence-electron chi connectivity index (χ3n) is 5.90. The van der Waals surface area contributed by atoms with Gasteiger partial charge in [-0.15, -0.1) is 0 Å². The number of nitrogens with zero attached hydrogens (tertiary/aromatic N) is 1. The topological polar surface area (TPSA) is 58.6 Å². The van der Waals surface area contributed by atoms with Gasteiger partial charge in [0, 0.05) is 25.2 Å². The van der Waals surface area contributed by atoms with E-state index >= 15 is 0 Å². The molecule has 1 unspecified atom stereocenters. The zero-order valence-corrected chi connectivity index (χ0v) is 17.7. The number of likely N-dealkylation sites (tertiary alicyclic amines) is 1. The molecule has 0 aliphatic carbocycles. The summed E-state index contributed by atoms with van der Waals surface area (Å²) < 4.78 is 5.17. The molecule has 1 fully saturated rings. The smallest absolute Gasteiger partial charge is 0.253 e. The Morgan fingerprint density at radius 3 is 2.48 bits per heavy atom. The van der Waals surface area contributed by atoms with Crippen molar-refractivity contribution in [1.29, 1.82) is 0 Å². The van der Waals surface area contributed by atoms with Gasteiger partial charge in [-0.2, -0.15) is 0 Å². The van der Waals surface area contributed by atoms with E-state index in [9.17, 15) is 9.59 Å². The van der Waals surface area contributed by atoms with E-state index in [1.165, 1.54) is 5.56 Å². The fourth-order valence-corrected chi connectivity index (χ4v) is 3.79. The van der Waals surface area contributed by atoms with Crippen molar-refractivity contribution in [2.45, 2.75) is 40.2 Å². The molecule has 1 aliphatic heterocycles. The Labute approximate surface area is 173 Å². The molecular formula is C24H30N2O3. The van der Waals surface area contributed by atoms with Crippen molar-refractivity contribution >= 4 is 11.8 Å². The molecule has 0 spiro atoms. The standard InChI is InChI=1S/C24H30N2O3/c1-17-6-9-20(14-18(17)2)22(27)26-13-5-12-24(3,16-26)23(28)25-15-19-7-10-21(29-4)11-8-19/h6-11,14H,5,12-13,15-16H2,1-4H3,(H,25,28). The summed E-state index contributed by atoms with van der Waals surface area (Å²) in [5.74, 6) is 0.785. The van der Waals surface area contributed by atoms with Gasteiger partial charge in [0.25, 0.3) is 5.91 Å². The fraction of sp³-hybridized carbons (Fsp3) is 0.417. The van der Waals surface area contributed by atoms with Crippen molar-refractivity contribution < 1.29 is 14.3 Å². The zero-order valence-electron chi connectivity index (χ0n) is 17.7. The number of carbonyl (C=O) groups excluding carboxylic acids is 2. The van der Waals surface area contributed by atoms with Crippen molar-refractivity contribution in [3.8, 4) is 5.75 Å². The SMILES string of the molecule is COc1ccc(CNC(=O)C2(C)CCCN(C(=O)c3ccc(C)c(C)c3)C2)cc1. The van der Waals surface area contributed by atoms with Crippen LogP contribution in [0.5, 0.6) is 5.75 Å². The second-order valence-electron chi connectivity index (χ2n) is 8.22. The van der Waals surface area contributed by atoms with Crippen LogP contribution >= 0.6 is 0 Å². The van der Waals surface area contributed by atoms with Crippen LogP contribution in [-0.4, -0.2) is 36.9 Å². The molecule has 29 heavy (non-hydrogen) atoms. The lowest BCUT2D eigenvalue weighted by Gasteiger charge is -2.39. The number of rotatable bonds is 5. The number of hydrogen-bond donors (Lipinski definition) is 1. The number of nitrogens with one attached hydrogen (secondary N) is 1. The number of benzene rings is 2. The summed E-state index contributed by atoms with van der Waals surface area (Å²) in [7, 11) is 1.63. The molecule has 2 aromatic rings. The van der Waals surface area contributed by atoms with Gasteiger partial charge in [-0.3, -0.25) is 9.59 Å². The number of piperidine rings is 1. The lowest BCUT2D eigenvalue weighted by Crippen LogP contribution is -2.51. The van der Waals surface area contributed by atoms with Crippen LogP contribution in [0.4, 0.5) is 0 Å². The van der Waals surface area contributed by atoms with Gasteiger partial charge in [-0.1, -0.05) is 18.2 Å². The summed E-state index contributed by atoms with van der Waals surface area (Å²) in [6.07, 6.45) is 1.60. The van der Waals surface area contributed by atoms with E-state index in [0.717, 1.165) is 29.7 Å². The fourth-order valence-electron chi connectivity index (χ4n) is 3.79. The number of aryl methyl sites for hydroxylation is 2. The van der Waals surface area contributed by atoms with E-state index in [1.807, 2.05) is 68.1 Å². The molecule has 1 atom stereocenters. The molecule has 0 aromatic heterocycles. The van der Waals surface area contributed by atoms with Gasteiger partial charge < -0.3 is 15.0 Å². The highest BCUT2D eigenvalue weighted by Gasteiger charge is 2.39. The molecule has 1 aliphatic rings. The maximum Gasteiger partial charge on any atom is 0.253 e. The Morgan fingerprint density at radius 2 is 1.83 bits per heavy atom. The Hall–Kier alpha value is -2.82. The summed E-state index contributed by atoms with van der Waals surface area (Å²) in [5, 5.41) is 3.04. The van der Waals surface area contributed by atoms with Gasteiger partial charge in [0.05, 0.1) is 12.5 Å². The monoisotopic (exact) mass is 394 g/mol. The lowest BCUT2D eigenvalue weighted by atomic mass is 9.80. The molecule has 154 valence electrons. The van der Waals surface area contributed by atoms with Gasteiger partial charge in [-0.25, -0.2) is 0 Å². The zero-order chi connectivity index (χ0) is 21.0. The first-order chi connectivity index (χ1) is 13.8. The first kappa shape index (κ1) is 20.9. The van der Waals surface area contributed by atoms with Crippen molar-refractivity contribution in [3.63, 3.8) is 0 Å².